The third-order valence-corrected chi connectivity index (χ3v) is 6.55. The maximum absolute atomic E-state index is 12.2. The Morgan fingerprint density at radius 3 is 2.59 bits per heavy atom. The molecule has 0 atom stereocenters. The Balaban J connectivity index is 1.62. The van der Waals surface area contributed by atoms with Gasteiger partial charge in [0.2, 0.25) is 5.91 Å². The number of rotatable bonds is 7. The summed E-state index contributed by atoms with van der Waals surface area (Å²) >= 11 is 2.29. The Kier molecular flexibility index (Phi) is 5.63. The molecular weight excluding hydrogens is 410 g/mol. The van der Waals surface area contributed by atoms with Gasteiger partial charge in [-0.1, -0.05) is 30.3 Å². The van der Waals surface area contributed by atoms with E-state index in [9.17, 15) is 23.3 Å². The van der Waals surface area contributed by atoms with E-state index < -0.39 is 26.4 Å². The number of amides is 1. The third-order valence-electron chi connectivity index (χ3n) is 3.38. The van der Waals surface area contributed by atoms with Crippen LogP contribution in [-0.4, -0.2) is 30.0 Å². The molecule has 8 nitrogen and oxygen atoms in total. The first-order valence-electron chi connectivity index (χ1n) is 7.55. The number of hydrogen-bond acceptors (Lipinski definition) is 8. The normalized spacial score (nSPS) is 11.3. The molecule has 3 rings (SSSR count). The quantitative estimate of drug-likeness (QED) is 0.460. The summed E-state index contributed by atoms with van der Waals surface area (Å²) in [4.78, 5) is 27.1. The van der Waals surface area contributed by atoms with Gasteiger partial charge in [0.15, 0.2) is 15.0 Å². The van der Waals surface area contributed by atoms with Crippen LogP contribution in [0.2, 0.25) is 0 Å². The monoisotopic (exact) mass is 423 g/mol. The molecule has 0 bridgehead atoms. The fraction of sp³-hybridized carbons (Fsp3) is 0.125. The van der Waals surface area contributed by atoms with Gasteiger partial charge in [-0.2, -0.15) is 0 Å². The van der Waals surface area contributed by atoms with Gasteiger partial charge in [0.25, 0.3) is 5.69 Å². The predicted molar refractivity (Wildman–Crippen MR) is 105 cm³/mol. The first-order chi connectivity index (χ1) is 12.8. The molecule has 2 heterocycles. The van der Waals surface area contributed by atoms with Crippen molar-refractivity contribution < 1.29 is 18.1 Å². The number of benzene rings is 1. The zero-order valence-corrected chi connectivity index (χ0v) is 16.1. The van der Waals surface area contributed by atoms with E-state index in [-0.39, 0.29) is 16.6 Å². The van der Waals surface area contributed by atoms with Crippen LogP contribution in [0.5, 0.6) is 0 Å². The van der Waals surface area contributed by atoms with E-state index in [0.29, 0.717) is 16.1 Å². The minimum atomic E-state index is -3.61. The lowest BCUT2D eigenvalue weighted by atomic mass is 10.2. The van der Waals surface area contributed by atoms with Crippen LogP contribution in [0.1, 0.15) is 5.56 Å². The van der Waals surface area contributed by atoms with Gasteiger partial charge < -0.3 is 5.32 Å². The Bertz CT molecular complexity index is 1070. The van der Waals surface area contributed by atoms with Crippen molar-refractivity contribution in [1.29, 1.82) is 0 Å². The maximum Gasteiger partial charge on any atom is 0.280 e. The Labute approximate surface area is 162 Å². The zero-order chi connectivity index (χ0) is 19.4. The van der Waals surface area contributed by atoms with Crippen LogP contribution in [0.25, 0.3) is 10.6 Å². The van der Waals surface area contributed by atoms with Gasteiger partial charge in [0.1, 0.15) is 5.75 Å². The van der Waals surface area contributed by atoms with E-state index in [0.717, 1.165) is 11.3 Å². The van der Waals surface area contributed by atoms with E-state index >= 15 is 0 Å². The van der Waals surface area contributed by atoms with Gasteiger partial charge in [-0.15, -0.1) is 22.7 Å². The van der Waals surface area contributed by atoms with Gasteiger partial charge in [-0.25, -0.2) is 13.4 Å². The van der Waals surface area contributed by atoms with Crippen LogP contribution < -0.4 is 5.32 Å². The molecule has 0 spiro atoms. The van der Waals surface area contributed by atoms with Crippen LogP contribution >= 0.6 is 22.7 Å². The second kappa shape index (κ2) is 7.94. The number of anilines is 1. The van der Waals surface area contributed by atoms with E-state index in [1.165, 1.54) is 22.8 Å². The molecule has 0 radical (unpaired) electrons. The van der Waals surface area contributed by atoms with Crippen LogP contribution in [0, 0.1) is 10.1 Å². The molecule has 0 unspecified atom stereocenters. The number of aromatic nitrogens is 1. The Morgan fingerprint density at radius 1 is 1.19 bits per heavy atom. The van der Waals surface area contributed by atoms with Crippen molar-refractivity contribution in [1.82, 2.24) is 4.98 Å². The minimum absolute atomic E-state index is 0.0272. The Hall–Kier alpha value is -2.63. The van der Waals surface area contributed by atoms with Crippen LogP contribution in [0.3, 0.4) is 0 Å². The molecule has 27 heavy (non-hydrogen) atoms. The van der Waals surface area contributed by atoms with Gasteiger partial charge >= 0.3 is 0 Å². The molecule has 11 heteroatoms. The van der Waals surface area contributed by atoms with Crippen LogP contribution in [0.15, 0.2) is 47.2 Å². The highest BCUT2D eigenvalue weighted by molar-refractivity contribution is 7.91. The SMILES string of the molecule is O=C(CS(=O)(=O)Cc1ccccc1)Nc1nc(-c2cc([N+](=O)[O-])cs2)cs1. The van der Waals surface area contributed by atoms with E-state index in [2.05, 4.69) is 10.3 Å². The summed E-state index contributed by atoms with van der Waals surface area (Å²) in [6.07, 6.45) is 0. The lowest BCUT2D eigenvalue weighted by Gasteiger charge is -2.04. The van der Waals surface area contributed by atoms with Crippen LogP contribution in [-0.2, 0) is 20.4 Å². The van der Waals surface area contributed by atoms with Crippen molar-refractivity contribution in [3.63, 3.8) is 0 Å². The number of nitrogens with one attached hydrogen (secondary N) is 1. The average molecular weight is 423 g/mol. The number of nitrogens with zero attached hydrogens (tertiary/aromatic N) is 2. The third kappa shape index (κ3) is 5.18. The molecule has 1 N–H and O–H groups in total. The smallest absolute Gasteiger partial charge is 0.280 e. The average Bonchev–Trinajstić information content (AvgIpc) is 3.23. The summed E-state index contributed by atoms with van der Waals surface area (Å²) in [5.41, 5.74) is 1.07. The molecular formula is C16H13N3O5S3. The molecule has 0 saturated carbocycles. The van der Waals surface area contributed by atoms with Crippen LogP contribution in [0.4, 0.5) is 10.8 Å². The highest BCUT2D eigenvalue weighted by Gasteiger charge is 2.19. The molecule has 1 amide bonds. The van der Waals surface area contributed by atoms with Crippen molar-refractivity contribution >= 4 is 49.2 Å². The van der Waals surface area contributed by atoms with Gasteiger partial charge in [0.05, 0.1) is 26.6 Å². The van der Waals surface area contributed by atoms with E-state index in [1.54, 1.807) is 35.7 Å². The van der Waals surface area contributed by atoms with Gasteiger partial charge in [0, 0.05) is 11.4 Å². The summed E-state index contributed by atoms with van der Waals surface area (Å²) < 4.78 is 24.3. The topological polar surface area (TPSA) is 119 Å². The number of carbonyl (C=O) groups is 1. The fourth-order valence-corrected chi connectivity index (χ4v) is 5.13. The lowest BCUT2D eigenvalue weighted by molar-refractivity contribution is -0.384. The zero-order valence-electron chi connectivity index (χ0n) is 13.7. The maximum atomic E-state index is 12.2. The molecule has 0 saturated heterocycles. The molecule has 0 fully saturated rings. The number of nitro groups is 1. The first kappa shape index (κ1) is 19.1. The molecule has 2 aromatic heterocycles. The number of thiazole rings is 1. The second-order valence-electron chi connectivity index (χ2n) is 5.53. The van der Waals surface area contributed by atoms with E-state index in [1.807, 2.05) is 0 Å². The first-order valence-corrected chi connectivity index (χ1v) is 11.1. The Morgan fingerprint density at radius 2 is 1.93 bits per heavy atom. The summed E-state index contributed by atoms with van der Waals surface area (Å²) in [7, 11) is -3.61. The molecule has 1 aromatic carbocycles. The molecule has 0 aliphatic carbocycles. The van der Waals surface area contributed by atoms with Crippen molar-refractivity contribution in [2.45, 2.75) is 5.75 Å². The summed E-state index contributed by atoms with van der Waals surface area (Å²) in [6.45, 7) is 0. The summed E-state index contributed by atoms with van der Waals surface area (Å²) in [5.74, 6) is -1.55. The number of sulfone groups is 1. The van der Waals surface area contributed by atoms with Crippen molar-refractivity contribution in [3.8, 4) is 10.6 Å². The van der Waals surface area contributed by atoms with Crippen molar-refractivity contribution in [3.05, 3.63) is 62.8 Å². The summed E-state index contributed by atoms with van der Waals surface area (Å²) in [6, 6.07) is 10.0. The van der Waals surface area contributed by atoms with Crippen molar-refractivity contribution in [2.75, 3.05) is 11.1 Å². The number of thiophene rings is 1. The number of hydrogen-bond donors (Lipinski definition) is 1. The van der Waals surface area contributed by atoms with Crippen molar-refractivity contribution in [2.24, 2.45) is 0 Å². The largest absolute Gasteiger partial charge is 0.301 e. The van der Waals surface area contributed by atoms with Gasteiger partial charge in [-0.3, -0.25) is 14.9 Å². The summed E-state index contributed by atoms with van der Waals surface area (Å²) in [5, 5.41) is 16.5. The second-order valence-corrected chi connectivity index (χ2v) is 9.36. The molecule has 140 valence electrons. The molecule has 0 aliphatic heterocycles. The fourth-order valence-electron chi connectivity index (χ4n) is 2.23. The molecule has 3 aromatic rings. The lowest BCUT2D eigenvalue weighted by Crippen LogP contribution is -2.23. The minimum Gasteiger partial charge on any atom is -0.301 e. The highest BCUT2D eigenvalue weighted by Crippen LogP contribution is 2.32. The predicted octanol–water partition coefficient (Wildman–Crippen LogP) is 3.33. The van der Waals surface area contributed by atoms with Gasteiger partial charge in [-0.05, 0) is 5.56 Å². The molecule has 0 aliphatic rings. The standard InChI is InChI=1S/C16H13N3O5S3/c20-15(10-27(23,24)9-11-4-2-1-3-5-11)18-16-17-13(8-26-16)14-6-12(7-25-14)19(21)22/h1-8H,9-10H2,(H,17,18,20). The van der Waals surface area contributed by atoms with E-state index in [4.69, 9.17) is 0 Å². The number of carbonyl (C=O) groups excluding carboxylic acids is 1. The highest BCUT2D eigenvalue weighted by atomic mass is 32.2.